The minimum absolute atomic E-state index is 0.0672. The lowest BCUT2D eigenvalue weighted by Gasteiger charge is -2.18. The maximum atomic E-state index is 12.7. The first-order chi connectivity index (χ1) is 13.0. The largest absolute Gasteiger partial charge is 0.324 e. The van der Waals surface area contributed by atoms with Crippen LogP contribution in [0.4, 0.5) is 17.1 Å². The van der Waals surface area contributed by atoms with Crippen LogP contribution in [0.1, 0.15) is 23.2 Å². The van der Waals surface area contributed by atoms with Gasteiger partial charge in [0, 0.05) is 29.1 Å². The second kappa shape index (κ2) is 7.25. The molecule has 0 radical (unpaired) electrons. The van der Waals surface area contributed by atoms with Crippen molar-refractivity contribution in [2.45, 2.75) is 17.7 Å². The third-order valence-corrected chi connectivity index (χ3v) is 5.86. The Bertz CT molecular complexity index is 963. The second-order valence-corrected chi connectivity index (χ2v) is 7.74. The number of hydrogen-bond acceptors (Lipinski definition) is 4. The predicted molar refractivity (Wildman–Crippen MR) is 107 cm³/mol. The lowest BCUT2D eigenvalue weighted by molar-refractivity contribution is -0.117. The molecule has 0 atom stereocenters. The molecule has 0 saturated carbocycles. The Kier molecular flexibility index (Phi) is 4.80. The maximum absolute atomic E-state index is 12.7. The van der Waals surface area contributed by atoms with E-state index in [1.54, 1.807) is 35.2 Å². The fourth-order valence-corrected chi connectivity index (χ4v) is 4.07. The average Bonchev–Trinajstić information content (AvgIpc) is 3.08. The topological polar surface area (TPSA) is 78.5 Å². The van der Waals surface area contributed by atoms with Gasteiger partial charge in [0.2, 0.25) is 11.8 Å². The Morgan fingerprint density at radius 2 is 2.04 bits per heavy atom. The van der Waals surface area contributed by atoms with E-state index < -0.39 is 0 Å². The molecular formula is C19H16ClN3O3S. The van der Waals surface area contributed by atoms with Gasteiger partial charge in [0.05, 0.1) is 22.2 Å². The van der Waals surface area contributed by atoms with Gasteiger partial charge < -0.3 is 15.5 Å². The molecule has 27 heavy (non-hydrogen) atoms. The Hall–Kier alpha value is -2.51. The molecule has 0 aliphatic carbocycles. The van der Waals surface area contributed by atoms with Gasteiger partial charge in [0.15, 0.2) is 0 Å². The van der Waals surface area contributed by atoms with Crippen LogP contribution < -0.4 is 15.5 Å². The molecule has 2 N–H and O–H groups in total. The zero-order chi connectivity index (χ0) is 19.0. The summed E-state index contributed by atoms with van der Waals surface area (Å²) in [7, 11) is 0. The van der Waals surface area contributed by atoms with Gasteiger partial charge in [-0.15, -0.1) is 11.8 Å². The number of fused-ring (bicyclic) bond motifs is 1. The molecule has 6 nitrogen and oxygen atoms in total. The Morgan fingerprint density at radius 1 is 1.19 bits per heavy atom. The monoisotopic (exact) mass is 401 g/mol. The van der Waals surface area contributed by atoms with Crippen molar-refractivity contribution in [3.8, 4) is 0 Å². The van der Waals surface area contributed by atoms with Crippen LogP contribution in [0.25, 0.3) is 0 Å². The van der Waals surface area contributed by atoms with E-state index in [2.05, 4.69) is 10.6 Å². The molecule has 0 bridgehead atoms. The van der Waals surface area contributed by atoms with Crippen LogP contribution in [-0.4, -0.2) is 30.0 Å². The lowest BCUT2D eigenvalue weighted by atomic mass is 10.1. The number of thioether (sulfide) groups is 1. The molecule has 2 aliphatic rings. The normalized spacial score (nSPS) is 16.1. The van der Waals surface area contributed by atoms with E-state index in [0.29, 0.717) is 46.4 Å². The standard InChI is InChI=1S/C19H16ClN3O3S/c20-13-5-4-12(23-7-1-2-18(23)25)9-14(13)22-19(26)11-3-6-16-15(8-11)21-17(24)10-27-16/h3-6,8-9H,1-2,7,10H2,(H,21,24)(H,22,26). The van der Waals surface area contributed by atoms with Crippen LogP contribution in [0, 0.1) is 0 Å². The molecule has 138 valence electrons. The van der Waals surface area contributed by atoms with Crippen LogP contribution in [0.3, 0.4) is 0 Å². The molecule has 0 aromatic heterocycles. The van der Waals surface area contributed by atoms with Gasteiger partial charge in [0.25, 0.3) is 5.91 Å². The molecule has 1 saturated heterocycles. The van der Waals surface area contributed by atoms with Gasteiger partial charge in [-0.05, 0) is 42.8 Å². The summed E-state index contributed by atoms with van der Waals surface area (Å²) in [5.74, 6) is 0.0129. The fraction of sp³-hybridized carbons (Fsp3) is 0.211. The number of carbonyl (C=O) groups is 3. The fourth-order valence-electron chi connectivity index (χ4n) is 3.12. The molecule has 2 aromatic carbocycles. The summed E-state index contributed by atoms with van der Waals surface area (Å²) in [6.07, 6.45) is 1.35. The number of nitrogens with one attached hydrogen (secondary N) is 2. The van der Waals surface area contributed by atoms with E-state index >= 15 is 0 Å². The number of halogens is 1. The maximum Gasteiger partial charge on any atom is 0.255 e. The number of nitrogens with zero attached hydrogens (tertiary/aromatic N) is 1. The van der Waals surface area contributed by atoms with Gasteiger partial charge in [-0.2, -0.15) is 0 Å². The third kappa shape index (κ3) is 3.65. The Morgan fingerprint density at radius 3 is 2.81 bits per heavy atom. The molecule has 8 heteroatoms. The molecule has 3 amide bonds. The molecule has 0 unspecified atom stereocenters. The molecule has 2 heterocycles. The minimum Gasteiger partial charge on any atom is -0.324 e. The van der Waals surface area contributed by atoms with Crippen molar-refractivity contribution in [1.82, 2.24) is 0 Å². The Balaban J connectivity index is 1.57. The van der Waals surface area contributed by atoms with Gasteiger partial charge in [-0.1, -0.05) is 11.6 Å². The van der Waals surface area contributed by atoms with Crippen molar-refractivity contribution in [3.63, 3.8) is 0 Å². The van der Waals surface area contributed by atoms with E-state index in [4.69, 9.17) is 11.6 Å². The highest BCUT2D eigenvalue weighted by Gasteiger charge is 2.23. The van der Waals surface area contributed by atoms with Crippen molar-refractivity contribution in [2.24, 2.45) is 0 Å². The number of amides is 3. The molecule has 2 aliphatic heterocycles. The Labute approximate surface area is 165 Å². The first kappa shape index (κ1) is 17.9. The minimum atomic E-state index is -0.338. The summed E-state index contributed by atoms with van der Waals surface area (Å²) in [5.41, 5.74) is 2.20. The molecule has 2 aromatic rings. The lowest BCUT2D eigenvalue weighted by Crippen LogP contribution is -2.24. The van der Waals surface area contributed by atoms with E-state index in [1.165, 1.54) is 11.8 Å². The number of anilines is 3. The van der Waals surface area contributed by atoms with Crippen molar-refractivity contribution in [2.75, 3.05) is 27.8 Å². The number of carbonyl (C=O) groups excluding carboxylic acids is 3. The van der Waals surface area contributed by atoms with E-state index in [1.807, 2.05) is 6.07 Å². The number of rotatable bonds is 3. The predicted octanol–water partition coefficient (Wildman–Crippen LogP) is 3.76. The molecule has 4 rings (SSSR count). The molecule has 1 fully saturated rings. The highest BCUT2D eigenvalue weighted by molar-refractivity contribution is 8.00. The SMILES string of the molecule is O=C1CSc2ccc(C(=O)Nc3cc(N4CCCC4=O)ccc3Cl)cc2N1. The highest BCUT2D eigenvalue weighted by Crippen LogP contribution is 2.33. The van der Waals surface area contributed by atoms with Gasteiger partial charge in [-0.25, -0.2) is 0 Å². The van der Waals surface area contributed by atoms with E-state index in [-0.39, 0.29) is 17.7 Å². The summed E-state index contributed by atoms with van der Waals surface area (Å²) >= 11 is 7.66. The summed E-state index contributed by atoms with van der Waals surface area (Å²) in [6, 6.07) is 10.3. The quantitative estimate of drug-likeness (QED) is 0.820. The van der Waals surface area contributed by atoms with Crippen LogP contribution in [0.2, 0.25) is 5.02 Å². The summed E-state index contributed by atoms with van der Waals surface area (Å²) in [5, 5.41) is 5.96. The van der Waals surface area contributed by atoms with Crippen LogP contribution in [-0.2, 0) is 9.59 Å². The van der Waals surface area contributed by atoms with Crippen LogP contribution in [0.5, 0.6) is 0 Å². The first-order valence-electron chi connectivity index (χ1n) is 8.49. The third-order valence-electron chi connectivity index (χ3n) is 4.46. The van der Waals surface area contributed by atoms with Crippen molar-refractivity contribution in [1.29, 1.82) is 0 Å². The highest BCUT2D eigenvalue weighted by atomic mass is 35.5. The number of benzene rings is 2. The zero-order valence-electron chi connectivity index (χ0n) is 14.3. The number of hydrogen-bond donors (Lipinski definition) is 2. The second-order valence-electron chi connectivity index (χ2n) is 6.31. The summed E-state index contributed by atoms with van der Waals surface area (Å²) in [4.78, 5) is 38.8. The van der Waals surface area contributed by atoms with Crippen LogP contribution in [0.15, 0.2) is 41.3 Å². The van der Waals surface area contributed by atoms with E-state index in [9.17, 15) is 14.4 Å². The summed E-state index contributed by atoms with van der Waals surface area (Å²) < 4.78 is 0. The molecule has 0 spiro atoms. The zero-order valence-corrected chi connectivity index (χ0v) is 15.8. The van der Waals surface area contributed by atoms with Gasteiger partial charge >= 0.3 is 0 Å². The smallest absolute Gasteiger partial charge is 0.255 e. The van der Waals surface area contributed by atoms with Crippen molar-refractivity contribution >= 4 is 58.1 Å². The average molecular weight is 402 g/mol. The molecular weight excluding hydrogens is 386 g/mol. The van der Waals surface area contributed by atoms with Gasteiger partial charge in [0.1, 0.15) is 0 Å². The van der Waals surface area contributed by atoms with Gasteiger partial charge in [-0.3, -0.25) is 14.4 Å². The first-order valence-corrected chi connectivity index (χ1v) is 9.85. The van der Waals surface area contributed by atoms with Crippen LogP contribution >= 0.6 is 23.4 Å². The van der Waals surface area contributed by atoms with E-state index in [0.717, 1.165) is 11.3 Å². The van der Waals surface area contributed by atoms with Crippen molar-refractivity contribution < 1.29 is 14.4 Å². The summed E-state index contributed by atoms with van der Waals surface area (Å²) in [6.45, 7) is 0.663. The van der Waals surface area contributed by atoms with Crippen molar-refractivity contribution in [3.05, 3.63) is 47.0 Å².